The van der Waals surface area contributed by atoms with Crippen molar-refractivity contribution in [1.82, 2.24) is 5.32 Å². The van der Waals surface area contributed by atoms with Gasteiger partial charge in [0.25, 0.3) is 0 Å². The van der Waals surface area contributed by atoms with Gasteiger partial charge in [0.2, 0.25) is 5.91 Å². The summed E-state index contributed by atoms with van der Waals surface area (Å²) < 4.78 is 0. The van der Waals surface area contributed by atoms with E-state index < -0.39 is 12.1 Å². The van der Waals surface area contributed by atoms with Crippen LogP contribution in [0.1, 0.15) is 271 Å². The second-order valence-electron chi connectivity index (χ2n) is 16.9. The van der Waals surface area contributed by atoms with Gasteiger partial charge in [-0.25, -0.2) is 0 Å². The Morgan fingerprint density at radius 1 is 0.426 bits per heavy atom. The summed E-state index contributed by atoms with van der Waals surface area (Å²) in [7, 11) is 0. The van der Waals surface area contributed by atoms with Crippen molar-refractivity contribution in [3.8, 4) is 0 Å². The van der Waals surface area contributed by atoms with Gasteiger partial charge >= 0.3 is 0 Å². The van der Waals surface area contributed by atoms with E-state index in [4.69, 9.17) is 0 Å². The zero-order valence-corrected chi connectivity index (χ0v) is 36.8. The lowest BCUT2D eigenvalue weighted by Gasteiger charge is -2.20. The average Bonchev–Trinajstić information content (AvgIpc) is 3.18. The van der Waals surface area contributed by atoms with Crippen LogP contribution in [0.4, 0.5) is 0 Å². The minimum absolute atomic E-state index is 0.0740. The number of carbonyl (C=O) groups excluding carboxylic acids is 1. The van der Waals surface area contributed by atoms with Gasteiger partial charge in [-0.2, -0.15) is 0 Å². The van der Waals surface area contributed by atoms with Crippen molar-refractivity contribution in [2.24, 2.45) is 0 Å². The minimum Gasteiger partial charge on any atom is -0.394 e. The monoisotopic (exact) mass is 760 g/mol. The Balaban J connectivity index is 3.40. The Bertz CT molecular complexity index is 780. The second-order valence-corrected chi connectivity index (χ2v) is 16.9. The summed E-state index contributed by atoms with van der Waals surface area (Å²) in [5.74, 6) is -0.0740. The van der Waals surface area contributed by atoms with Gasteiger partial charge in [-0.15, -0.1) is 0 Å². The number of amides is 1. The Morgan fingerprint density at radius 2 is 0.741 bits per heavy atom. The van der Waals surface area contributed by atoms with Crippen LogP contribution in [0.3, 0.4) is 0 Å². The molecule has 4 heteroatoms. The molecule has 0 aromatic heterocycles. The molecule has 0 spiro atoms. The lowest BCUT2D eigenvalue weighted by atomic mass is 10.0. The molecule has 2 atom stereocenters. The highest BCUT2D eigenvalue weighted by Gasteiger charge is 2.18. The predicted octanol–water partition coefficient (Wildman–Crippen LogP) is 15.6. The zero-order valence-electron chi connectivity index (χ0n) is 36.8. The molecule has 0 saturated heterocycles. The van der Waals surface area contributed by atoms with Crippen molar-refractivity contribution in [2.45, 2.75) is 283 Å². The number of unbranched alkanes of at least 4 members (excludes halogenated alkanes) is 36. The highest BCUT2D eigenvalue weighted by Crippen LogP contribution is 2.17. The molecule has 0 rings (SSSR count). The molecule has 3 N–H and O–H groups in total. The van der Waals surface area contributed by atoms with E-state index in [-0.39, 0.29) is 12.5 Å². The Kier molecular flexibility index (Phi) is 45.3. The average molecular weight is 760 g/mol. The summed E-state index contributed by atoms with van der Waals surface area (Å²) in [6.45, 7) is 4.26. The van der Waals surface area contributed by atoms with Crippen LogP contribution >= 0.6 is 0 Å². The summed E-state index contributed by atoms with van der Waals surface area (Å²) in [4.78, 5) is 12.3. The standard InChI is InChI=1S/C50H97NO3/c1-3-5-7-9-11-13-15-16-17-18-19-20-21-22-23-24-25-26-27-28-29-30-31-32-33-34-35-36-37-39-41-43-45-49(53)48(47-52)51-50(54)46-44-42-40-38-14-12-10-8-6-4-2/h8,10,43,45,48-49,52-53H,3-7,9,11-42,44,46-47H2,1-2H3,(H,51,54)/b10-8-,45-43+. The number of allylic oxidation sites excluding steroid dienone is 3. The number of nitrogens with one attached hydrogen (secondary N) is 1. The lowest BCUT2D eigenvalue weighted by Crippen LogP contribution is -2.45. The predicted molar refractivity (Wildman–Crippen MR) is 239 cm³/mol. The van der Waals surface area contributed by atoms with Gasteiger partial charge in [-0.3, -0.25) is 4.79 Å². The van der Waals surface area contributed by atoms with E-state index in [1.54, 1.807) is 6.08 Å². The number of aliphatic hydroxyl groups excluding tert-OH is 2. The molecule has 2 unspecified atom stereocenters. The molecule has 0 bridgehead atoms. The fraction of sp³-hybridized carbons (Fsp3) is 0.900. The summed E-state index contributed by atoms with van der Waals surface area (Å²) in [6.07, 6.45) is 60.5. The third-order valence-corrected chi connectivity index (χ3v) is 11.4. The van der Waals surface area contributed by atoms with E-state index in [1.165, 1.54) is 212 Å². The molecule has 4 nitrogen and oxygen atoms in total. The quantitative estimate of drug-likeness (QED) is 0.0428. The van der Waals surface area contributed by atoms with Crippen LogP contribution in [-0.4, -0.2) is 34.9 Å². The van der Waals surface area contributed by atoms with Crippen LogP contribution in [0.2, 0.25) is 0 Å². The topological polar surface area (TPSA) is 69.6 Å². The van der Waals surface area contributed by atoms with Crippen molar-refractivity contribution in [1.29, 1.82) is 0 Å². The van der Waals surface area contributed by atoms with Gasteiger partial charge in [0.05, 0.1) is 18.8 Å². The SMILES string of the molecule is CCC/C=C\CCCCCCCC(=O)NC(CO)C(O)/C=C/CCCCCCCCCCCCCCCCCCCCCCCCCCCCCCCC. The summed E-state index contributed by atoms with van der Waals surface area (Å²) >= 11 is 0. The van der Waals surface area contributed by atoms with Crippen LogP contribution in [0.5, 0.6) is 0 Å². The number of hydrogen-bond donors (Lipinski definition) is 3. The molecule has 0 fully saturated rings. The number of carbonyl (C=O) groups is 1. The maximum atomic E-state index is 12.3. The Morgan fingerprint density at radius 3 is 1.09 bits per heavy atom. The zero-order chi connectivity index (χ0) is 39.3. The first kappa shape index (κ1) is 52.9. The number of hydrogen-bond acceptors (Lipinski definition) is 3. The smallest absolute Gasteiger partial charge is 0.220 e. The van der Waals surface area contributed by atoms with Gasteiger partial charge in [0.1, 0.15) is 0 Å². The van der Waals surface area contributed by atoms with Crippen LogP contribution in [0.15, 0.2) is 24.3 Å². The summed E-state index contributed by atoms with van der Waals surface area (Å²) in [6, 6.07) is -0.623. The van der Waals surface area contributed by atoms with Crippen LogP contribution in [0, 0.1) is 0 Å². The molecule has 0 aliphatic rings. The Labute approximate surface area is 339 Å². The van der Waals surface area contributed by atoms with Gasteiger partial charge in [0, 0.05) is 6.42 Å². The first-order chi connectivity index (χ1) is 26.7. The van der Waals surface area contributed by atoms with E-state index in [9.17, 15) is 15.0 Å². The molecule has 1 amide bonds. The molecule has 0 aliphatic heterocycles. The molecular formula is C50H97NO3. The molecule has 0 heterocycles. The highest BCUT2D eigenvalue weighted by atomic mass is 16.3. The van der Waals surface area contributed by atoms with Crippen molar-refractivity contribution in [3.63, 3.8) is 0 Å². The maximum Gasteiger partial charge on any atom is 0.220 e. The van der Waals surface area contributed by atoms with Crippen molar-refractivity contribution in [2.75, 3.05) is 6.61 Å². The van der Waals surface area contributed by atoms with Crippen molar-refractivity contribution in [3.05, 3.63) is 24.3 Å². The number of aliphatic hydroxyl groups is 2. The third-order valence-electron chi connectivity index (χ3n) is 11.4. The molecule has 320 valence electrons. The van der Waals surface area contributed by atoms with E-state index in [0.29, 0.717) is 6.42 Å². The van der Waals surface area contributed by atoms with Gasteiger partial charge in [0.15, 0.2) is 0 Å². The fourth-order valence-electron chi connectivity index (χ4n) is 7.65. The first-order valence-corrected chi connectivity index (χ1v) is 24.6. The van der Waals surface area contributed by atoms with E-state index in [0.717, 1.165) is 38.5 Å². The minimum atomic E-state index is -0.840. The Hall–Kier alpha value is -1.13. The highest BCUT2D eigenvalue weighted by molar-refractivity contribution is 5.76. The number of rotatable bonds is 45. The summed E-state index contributed by atoms with van der Waals surface area (Å²) in [5.41, 5.74) is 0. The molecule has 0 aliphatic carbocycles. The summed E-state index contributed by atoms with van der Waals surface area (Å²) in [5, 5.41) is 23.0. The normalized spacial score (nSPS) is 13.0. The van der Waals surface area contributed by atoms with Crippen molar-refractivity contribution < 1.29 is 15.0 Å². The largest absolute Gasteiger partial charge is 0.394 e. The van der Waals surface area contributed by atoms with E-state index in [1.807, 2.05) is 6.08 Å². The van der Waals surface area contributed by atoms with Crippen LogP contribution in [-0.2, 0) is 4.79 Å². The first-order valence-electron chi connectivity index (χ1n) is 24.6. The van der Waals surface area contributed by atoms with Gasteiger partial charge < -0.3 is 15.5 Å². The van der Waals surface area contributed by atoms with Crippen LogP contribution in [0.25, 0.3) is 0 Å². The molecule has 54 heavy (non-hydrogen) atoms. The van der Waals surface area contributed by atoms with Gasteiger partial charge in [-0.1, -0.05) is 250 Å². The van der Waals surface area contributed by atoms with Crippen molar-refractivity contribution >= 4 is 5.91 Å². The fourth-order valence-corrected chi connectivity index (χ4v) is 7.65. The molecule has 0 aromatic rings. The molecule has 0 aromatic carbocycles. The third kappa shape index (κ3) is 42.0. The lowest BCUT2D eigenvalue weighted by molar-refractivity contribution is -0.123. The molecule has 0 saturated carbocycles. The maximum absolute atomic E-state index is 12.3. The molecular weight excluding hydrogens is 663 g/mol. The van der Waals surface area contributed by atoms with E-state index in [2.05, 4.69) is 31.3 Å². The van der Waals surface area contributed by atoms with Gasteiger partial charge in [-0.05, 0) is 38.5 Å². The molecule has 0 radical (unpaired) electrons. The van der Waals surface area contributed by atoms with Crippen LogP contribution < -0.4 is 5.32 Å². The second kappa shape index (κ2) is 46.3. The van der Waals surface area contributed by atoms with E-state index >= 15 is 0 Å².